The molecule has 2 N–H and O–H groups in total. The van der Waals surface area contributed by atoms with Crippen LogP contribution < -0.4 is 10.6 Å². The van der Waals surface area contributed by atoms with Gasteiger partial charge in [0, 0.05) is 11.6 Å². The Morgan fingerprint density at radius 2 is 1.86 bits per heavy atom. The van der Waals surface area contributed by atoms with Crippen molar-refractivity contribution in [2.75, 3.05) is 6.61 Å². The number of nitrogens with one attached hydrogen (secondary N) is 2. The molecule has 2 aromatic carbocycles. The number of rotatable bonds is 5. The zero-order valence-corrected chi connectivity index (χ0v) is 15.6. The number of Topliss-reactive ketones (excluding diaryl/α,β-unsaturated/α-hetero) is 1. The lowest BCUT2D eigenvalue weighted by molar-refractivity contribution is -0.151. The number of carbonyl (C=O) groups excluding carboxylic acids is 2. The monoisotopic (exact) mass is 402 g/mol. The van der Waals surface area contributed by atoms with E-state index < -0.39 is 29.4 Å². The van der Waals surface area contributed by atoms with Gasteiger partial charge in [0.1, 0.15) is 11.6 Å². The number of esters is 1. The third kappa shape index (κ3) is 3.91. The van der Waals surface area contributed by atoms with E-state index in [1.54, 1.807) is 37.3 Å². The van der Waals surface area contributed by atoms with Gasteiger partial charge in [-0.1, -0.05) is 36.4 Å². The second kappa shape index (κ2) is 8.26. The van der Waals surface area contributed by atoms with Gasteiger partial charge in [-0.25, -0.2) is 13.6 Å². The minimum Gasteiger partial charge on any atom is -0.460 e. The lowest BCUT2D eigenvalue weighted by Crippen LogP contribution is -2.46. The molecular formula is C20H16F2N2O3S. The Hall–Kier alpha value is -3.13. The molecule has 1 aliphatic heterocycles. The van der Waals surface area contributed by atoms with Crippen LogP contribution in [0.25, 0.3) is 5.70 Å². The summed E-state index contributed by atoms with van der Waals surface area (Å²) in [5, 5.41) is 5.79. The summed E-state index contributed by atoms with van der Waals surface area (Å²) in [5.41, 5.74) is 0.748. The Kier molecular flexibility index (Phi) is 5.79. The van der Waals surface area contributed by atoms with Crippen LogP contribution >= 0.6 is 12.2 Å². The maximum absolute atomic E-state index is 14.5. The Morgan fingerprint density at radius 3 is 2.50 bits per heavy atom. The third-order valence-corrected chi connectivity index (χ3v) is 4.33. The van der Waals surface area contributed by atoms with Gasteiger partial charge in [0.25, 0.3) is 5.78 Å². The van der Waals surface area contributed by atoms with Gasteiger partial charge in [0.05, 0.1) is 23.9 Å². The fourth-order valence-corrected chi connectivity index (χ4v) is 3.14. The van der Waals surface area contributed by atoms with E-state index in [4.69, 9.17) is 17.0 Å². The summed E-state index contributed by atoms with van der Waals surface area (Å²) in [4.78, 5) is 25.1. The highest BCUT2D eigenvalue weighted by Gasteiger charge is 2.37. The quantitative estimate of drug-likeness (QED) is 0.455. The fourth-order valence-electron chi connectivity index (χ4n) is 2.92. The average molecular weight is 402 g/mol. The molecule has 1 aliphatic rings. The zero-order valence-electron chi connectivity index (χ0n) is 14.8. The van der Waals surface area contributed by atoms with Crippen LogP contribution in [0, 0.1) is 11.6 Å². The first-order valence-corrected chi connectivity index (χ1v) is 8.86. The van der Waals surface area contributed by atoms with Crippen molar-refractivity contribution < 1.29 is 23.1 Å². The van der Waals surface area contributed by atoms with Crippen LogP contribution in [0.15, 0.2) is 54.1 Å². The van der Waals surface area contributed by atoms with Gasteiger partial charge in [-0.3, -0.25) is 4.79 Å². The van der Waals surface area contributed by atoms with E-state index in [0.29, 0.717) is 11.6 Å². The highest BCUT2D eigenvalue weighted by molar-refractivity contribution is 7.80. The number of hydrogen-bond donors (Lipinski definition) is 2. The van der Waals surface area contributed by atoms with Crippen LogP contribution in [-0.2, 0) is 14.3 Å². The lowest BCUT2D eigenvalue weighted by Gasteiger charge is -2.31. The molecule has 0 saturated carbocycles. The molecule has 0 unspecified atom stereocenters. The smallest absolute Gasteiger partial charge is 0.379 e. The van der Waals surface area contributed by atoms with Crippen LogP contribution in [0.1, 0.15) is 24.1 Å². The van der Waals surface area contributed by atoms with E-state index in [2.05, 4.69) is 10.6 Å². The van der Waals surface area contributed by atoms with Gasteiger partial charge in [-0.15, -0.1) is 0 Å². The minimum absolute atomic E-state index is 0.00731. The van der Waals surface area contributed by atoms with E-state index in [1.807, 2.05) is 0 Å². The van der Waals surface area contributed by atoms with Crippen molar-refractivity contribution in [1.82, 2.24) is 10.6 Å². The molecule has 3 rings (SSSR count). The van der Waals surface area contributed by atoms with Crippen molar-refractivity contribution in [3.05, 3.63) is 76.9 Å². The molecule has 8 heteroatoms. The van der Waals surface area contributed by atoms with Crippen LogP contribution in [0.3, 0.4) is 0 Å². The van der Waals surface area contributed by atoms with Crippen molar-refractivity contribution in [3.8, 4) is 0 Å². The molecule has 0 aromatic heterocycles. The van der Waals surface area contributed by atoms with Crippen LogP contribution in [0.2, 0.25) is 0 Å². The van der Waals surface area contributed by atoms with Crippen molar-refractivity contribution in [1.29, 1.82) is 0 Å². The second-order valence-electron chi connectivity index (χ2n) is 5.90. The van der Waals surface area contributed by atoms with Crippen molar-refractivity contribution >= 4 is 34.8 Å². The van der Waals surface area contributed by atoms with Gasteiger partial charge >= 0.3 is 5.97 Å². The Morgan fingerprint density at radius 1 is 1.14 bits per heavy atom. The summed E-state index contributed by atoms with van der Waals surface area (Å²) < 4.78 is 32.7. The van der Waals surface area contributed by atoms with Crippen molar-refractivity contribution in [2.24, 2.45) is 0 Å². The van der Waals surface area contributed by atoms with Crippen LogP contribution in [0.4, 0.5) is 8.78 Å². The number of hydrogen-bond acceptors (Lipinski definition) is 4. The SMILES string of the molecule is CCOC(=O)C(=O)C1=C(c2ccccc2)NC(=S)N[C@@H]1c1ccc(F)cc1F. The van der Waals surface area contributed by atoms with E-state index in [9.17, 15) is 18.4 Å². The molecule has 0 fully saturated rings. The van der Waals surface area contributed by atoms with E-state index in [-0.39, 0.29) is 28.6 Å². The summed E-state index contributed by atoms with van der Waals surface area (Å²) in [6.07, 6.45) is 0. The minimum atomic E-state index is -1.10. The average Bonchev–Trinajstić information content (AvgIpc) is 2.67. The summed E-state index contributed by atoms with van der Waals surface area (Å²) >= 11 is 5.20. The molecule has 0 radical (unpaired) electrons. The van der Waals surface area contributed by atoms with Crippen molar-refractivity contribution in [2.45, 2.75) is 13.0 Å². The predicted molar refractivity (Wildman–Crippen MR) is 103 cm³/mol. The van der Waals surface area contributed by atoms with Crippen LogP contribution in [-0.4, -0.2) is 23.5 Å². The van der Waals surface area contributed by atoms with Gasteiger partial charge in [-0.05, 0) is 30.8 Å². The summed E-state index contributed by atoms with van der Waals surface area (Å²) in [7, 11) is 0. The van der Waals surface area contributed by atoms with E-state index in [0.717, 1.165) is 6.07 Å². The topological polar surface area (TPSA) is 67.4 Å². The Bertz CT molecular complexity index is 977. The largest absolute Gasteiger partial charge is 0.460 e. The highest BCUT2D eigenvalue weighted by atomic mass is 32.1. The number of carbonyl (C=O) groups is 2. The number of ether oxygens (including phenoxy) is 1. The van der Waals surface area contributed by atoms with Crippen molar-refractivity contribution in [3.63, 3.8) is 0 Å². The second-order valence-corrected chi connectivity index (χ2v) is 6.31. The Balaban J connectivity index is 2.22. The molecule has 1 atom stereocenters. The normalized spacial score (nSPS) is 16.2. The number of thiocarbonyl (C=S) groups is 1. The molecule has 1 heterocycles. The predicted octanol–water partition coefficient (Wildman–Crippen LogP) is 3.03. The molecule has 0 bridgehead atoms. The first-order chi connectivity index (χ1) is 13.4. The molecule has 28 heavy (non-hydrogen) atoms. The first kappa shape index (κ1) is 19.6. The molecule has 2 aromatic rings. The maximum Gasteiger partial charge on any atom is 0.379 e. The standard InChI is InChI=1S/C20H16F2N2O3S/c1-2-27-19(26)18(25)15-16(11-6-4-3-5-7-11)23-20(28)24-17(15)13-9-8-12(21)10-14(13)22/h3-10,17H,2H2,1H3,(H2,23,24,28)/t17-/m1/s1. The van der Waals surface area contributed by atoms with Gasteiger partial charge in [-0.2, -0.15) is 0 Å². The molecule has 0 spiro atoms. The Labute approximate surface area is 165 Å². The number of benzene rings is 2. The molecule has 0 amide bonds. The summed E-state index contributed by atoms with van der Waals surface area (Å²) in [6.45, 7) is 1.58. The van der Waals surface area contributed by atoms with Gasteiger partial charge < -0.3 is 15.4 Å². The molecule has 5 nitrogen and oxygen atoms in total. The van der Waals surface area contributed by atoms with E-state index >= 15 is 0 Å². The molecule has 0 saturated heterocycles. The molecular weight excluding hydrogens is 386 g/mol. The number of halogens is 2. The van der Waals surface area contributed by atoms with Crippen LogP contribution in [0.5, 0.6) is 0 Å². The molecule has 0 aliphatic carbocycles. The van der Waals surface area contributed by atoms with E-state index in [1.165, 1.54) is 6.07 Å². The summed E-state index contributed by atoms with van der Waals surface area (Å²) in [6, 6.07) is 10.6. The maximum atomic E-state index is 14.5. The fraction of sp³-hybridized carbons (Fsp3) is 0.150. The third-order valence-electron chi connectivity index (χ3n) is 4.11. The highest BCUT2D eigenvalue weighted by Crippen LogP contribution is 2.33. The number of ketones is 1. The lowest BCUT2D eigenvalue weighted by atomic mass is 9.89. The van der Waals surface area contributed by atoms with Gasteiger partial charge in [0.15, 0.2) is 5.11 Å². The molecule has 144 valence electrons. The first-order valence-electron chi connectivity index (χ1n) is 8.45. The van der Waals surface area contributed by atoms with Gasteiger partial charge in [0.2, 0.25) is 0 Å². The summed E-state index contributed by atoms with van der Waals surface area (Å²) in [5.74, 6) is -3.65. The zero-order chi connectivity index (χ0) is 20.3.